The highest BCUT2D eigenvalue weighted by molar-refractivity contribution is 7.18. The van der Waals surface area contributed by atoms with Crippen LogP contribution in [-0.2, 0) is 4.79 Å². The minimum Gasteiger partial charge on any atom is -0.495 e. The molecule has 142 valence electrons. The second-order valence-electron chi connectivity index (χ2n) is 6.18. The molecule has 2 aromatic heterocycles. The fourth-order valence-electron chi connectivity index (χ4n) is 2.97. The number of benzene rings is 1. The van der Waals surface area contributed by atoms with Crippen molar-refractivity contribution in [3.8, 4) is 5.75 Å². The topological polar surface area (TPSA) is 73.2 Å². The van der Waals surface area contributed by atoms with Crippen LogP contribution in [0.3, 0.4) is 0 Å². The molecule has 6 nitrogen and oxygen atoms in total. The molecule has 0 bridgehead atoms. The SMILES string of the molecule is CCC(C(=O)Nc1cc(Cl)ccc1OC)n1cnc2sc(C)c(C)c2c1=O. The summed E-state index contributed by atoms with van der Waals surface area (Å²) in [6.45, 7) is 5.71. The molecule has 1 aromatic carbocycles. The zero-order valence-electron chi connectivity index (χ0n) is 15.5. The van der Waals surface area contributed by atoms with Gasteiger partial charge in [-0.3, -0.25) is 14.2 Å². The lowest BCUT2D eigenvalue weighted by Crippen LogP contribution is -2.33. The molecule has 0 fully saturated rings. The van der Waals surface area contributed by atoms with Crippen molar-refractivity contribution < 1.29 is 9.53 Å². The maximum Gasteiger partial charge on any atom is 0.263 e. The van der Waals surface area contributed by atoms with E-state index in [1.54, 1.807) is 18.2 Å². The molecule has 0 saturated heterocycles. The minimum atomic E-state index is -0.697. The molecular formula is C19H20ClN3O3S. The van der Waals surface area contributed by atoms with Gasteiger partial charge in [0.25, 0.3) is 5.56 Å². The summed E-state index contributed by atoms with van der Waals surface area (Å²) in [6, 6.07) is 4.27. The summed E-state index contributed by atoms with van der Waals surface area (Å²) in [4.78, 5) is 32.0. The smallest absolute Gasteiger partial charge is 0.263 e. The molecule has 27 heavy (non-hydrogen) atoms. The van der Waals surface area contributed by atoms with Crippen LogP contribution >= 0.6 is 22.9 Å². The summed E-state index contributed by atoms with van der Waals surface area (Å²) in [6.07, 6.45) is 1.88. The van der Waals surface area contributed by atoms with Crippen LogP contribution < -0.4 is 15.6 Å². The van der Waals surface area contributed by atoms with Crippen LogP contribution in [0.25, 0.3) is 10.2 Å². The zero-order valence-corrected chi connectivity index (χ0v) is 17.1. The van der Waals surface area contributed by atoms with Crippen molar-refractivity contribution in [3.05, 3.63) is 50.3 Å². The maximum atomic E-state index is 13.0. The largest absolute Gasteiger partial charge is 0.495 e. The molecular weight excluding hydrogens is 386 g/mol. The summed E-state index contributed by atoms with van der Waals surface area (Å²) in [5.74, 6) is 0.166. The van der Waals surface area contributed by atoms with Gasteiger partial charge in [0, 0.05) is 9.90 Å². The molecule has 0 radical (unpaired) electrons. The Balaban J connectivity index is 2.00. The first kappa shape index (κ1) is 19.4. The van der Waals surface area contributed by atoms with Gasteiger partial charge in [-0.25, -0.2) is 4.98 Å². The number of amides is 1. The number of nitrogens with one attached hydrogen (secondary N) is 1. The van der Waals surface area contributed by atoms with E-state index in [2.05, 4.69) is 10.3 Å². The van der Waals surface area contributed by atoms with Crippen LogP contribution in [0.1, 0.15) is 29.8 Å². The van der Waals surface area contributed by atoms with Crippen molar-refractivity contribution in [1.29, 1.82) is 0 Å². The Morgan fingerprint density at radius 2 is 2.15 bits per heavy atom. The minimum absolute atomic E-state index is 0.207. The molecule has 8 heteroatoms. The Hall–Kier alpha value is -2.38. The number of nitrogens with zero attached hydrogens (tertiary/aromatic N) is 2. The number of anilines is 1. The number of halogens is 1. The average molecular weight is 406 g/mol. The van der Waals surface area contributed by atoms with Gasteiger partial charge in [0.15, 0.2) is 0 Å². The van der Waals surface area contributed by atoms with Crippen LogP contribution in [0.4, 0.5) is 5.69 Å². The quantitative estimate of drug-likeness (QED) is 0.685. The van der Waals surface area contributed by atoms with Crippen molar-refractivity contribution in [1.82, 2.24) is 9.55 Å². The third-order valence-corrected chi connectivity index (χ3v) is 5.91. The van der Waals surface area contributed by atoms with E-state index in [9.17, 15) is 9.59 Å². The van der Waals surface area contributed by atoms with Crippen LogP contribution in [0.5, 0.6) is 5.75 Å². The normalized spacial score (nSPS) is 12.2. The number of aryl methyl sites for hydroxylation is 2. The highest BCUT2D eigenvalue weighted by Crippen LogP contribution is 2.29. The molecule has 1 amide bonds. The Labute approximate surface area is 165 Å². The second kappa shape index (κ2) is 7.70. The molecule has 3 aromatic rings. The molecule has 0 aliphatic heterocycles. The summed E-state index contributed by atoms with van der Waals surface area (Å²) in [7, 11) is 1.51. The van der Waals surface area contributed by atoms with E-state index in [4.69, 9.17) is 16.3 Å². The monoisotopic (exact) mass is 405 g/mol. The predicted octanol–water partition coefficient (Wildman–Crippen LogP) is 4.33. The van der Waals surface area contributed by atoms with Gasteiger partial charge in [0.1, 0.15) is 16.6 Å². The fourth-order valence-corrected chi connectivity index (χ4v) is 4.13. The highest BCUT2D eigenvalue weighted by Gasteiger charge is 2.23. The van der Waals surface area contributed by atoms with Gasteiger partial charge in [-0.05, 0) is 44.0 Å². The number of hydrogen-bond donors (Lipinski definition) is 1. The van der Waals surface area contributed by atoms with Crippen LogP contribution in [0, 0.1) is 13.8 Å². The van der Waals surface area contributed by atoms with E-state index in [0.29, 0.717) is 33.1 Å². The molecule has 0 saturated carbocycles. The number of fused-ring (bicyclic) bond motifs is 1. The Kier molecular flexibility index (Phi) is 5.53. The maximum absolute atomic E-state index is 13.0. The van der Waals surface area contributed by atoms with Crippen molar-refractivity contribution in [2.24, 2.45) is 0 Å². The van der Waals surface area contributed by atoms with Gasteiger partial charge in [-0.1, -0.05) is 18.5 Å². The number of thiophene rings is 1. The standard InChI is InChI=1S/C19H20ClN3O3S/c1-5-14(17(24)22-13-8-12(20)6-7-15(13)26-4)23-9-21-18-16(19(23)25)10(2)11(3)27-18/h6-9,14H,5H2,1-4H3,(H,22,24). The second-order valence-corrected chi connectivity index (χ2v) is 7.82. The van der Waals surface area contributed by atoms with Gasteiger partial charge >= 0.3 is 0 Å². The summed E-state index contributed by atoms with van der Waals surface area (Å²) >= 11 is 7.51. The van der Waals surface area contributed by atoms with E-state index in [1.807, 2.05) is 20.8 Å². The van der Waals surface area contributed by atoms with E-state index >= 15 is 0 Å². The lowest BCUT2D eigenvalue weighted by atomic mass is 10.1. The first-order valence-electron chi connectivity index (χ1n) is 8.48. The predicted molar refractivity (Wildman–Crippen MR) is 109 cm³/mol. The molecule has 1 unspecified atom stereocenters. The van der Waals surface area contributed by atoms with E-state index in [-0.39, 0.29) is 11.5 Å². The summed E-state index contributed by atoms with van der Waals surface area (Å²) < 4.78 is 6.66. The summed E-state index contributed by atoms with van der Waals surface area (Å²) in [5.41, 5.74) is 1.16. The van der Waals surface area contributed by atoms with Crippen LogP contribution in [-0.4, -0.2) is 22.6 Å². The average Bonchev–Trinajstić information content (AvgIpc) is 2.92. The number of aromatic nitrogens is 2. The summed E-state index contributed by atoms with van der Waals surface area (Å²) in [5, 5.41) is 3.86. The van der Waals surface area contributed by atoms with Gasteiger partial charge in [0.05, 0.1) is 24.5 Å². The molecule has 0 aliphatic carbocycles. The molecule has 1 N–H and O–H groups in total. The highest BCUT2D eigenvalue weighted by atomic mass is 35.5. The molecule has 1 atom stereocenters. The number of hydrogen-bond acceptors (Lipinski definition) is 5. The lowest BCUT2D eigenvalue weighted by Gasteiger charge is -2.18. The molecule has 2 heterocycles. The Bertz CT molecular complexity index is 1070. The van der Waals surface area contributed by atoms with Crippen LogP contribution in [0.15, 0.2) is 29.3 Å². The number of carbonyl (C=O) groups excluding carboxylic acids is 1. The third-order valence-electron chi connectivity index (χ3n) is 4.56. The first-order valence-corrected chi connectivity index (χ1v) is 9.68. The van der Waals surface area contributed by atoms with Gasteiger partial charge in [0.2, 0.25) is 5.91 Å². The fraction of sp³-hybridized carbons (Fsp3) is 0.316. The van der Waals surface area contributed by atoms with Gasteiger partial charge in [-0.15, -0.1) is 11.3 Å². The number of ether oxygens (including phenoxy) is 1. The molecule has 3 rings (SSSR count). The van der Waals surface area contributed by atoms with Crippen molar-refractivity contribution in [2.45, 2.75) is 33.2 Å². The third kappa shape index (κ3) is 3.57. The number of rotatable bonds is 5. The Morgan fingerprint density at radius 1 is 1.41 bits per heavy atom. The number of carbonyl (C=O) groups is 1. The van der Waals surface area contributed by atoms with Crippen LogP contribution in [0.2, 0.25) is 5.02 Å². The van der Waals surface area contributed by atoms with Gasteiger partial charge < -0.3 is 10.1 Å². The van der Waals surface area contributed by atoms with E-state index < -0.39 is 6.04 Å². The van der Waals surface area contributed by atoms with Crippen molar-refractivity contribution in [3.63, 3.8) is 0 Å². The van der Waals surface area contributed by atoms with E-state index in [1.165, 1.54) is 29.3 Å². The van der Waals surface area contributed by atoms with Gasteiger partial charge in [-0.2, -0.15) is 0 Å². The van der Waals surface area contributed by atoms with E-state index in [0.717, 1.165) is 10.4 Å². The van der Waals surface area contributed by atoms with Crippen molar-refractivity contribution in [2.75, 3.05) is 12.4 Å². The number of methoxy groups -OCH3 is 1. The molecule has 0 aliphatic rings. The molecule has 0 spiro atoms. The Morgan fingerprint density at radius 3 is 2.81 bits per heavy atom. The first-order chi connectivity index (χ1) is 12.9. The zero-order chi connectivity index (χ0) is 19.7. The lowest BCUT2D eigenvalue weighted by molar-refractivity contribution is -0.119. The van der Waals surface area contributed by atoms with Crippen molar-refractivity contribution >= 4 is 44.7 Å².